The van der Waals surface area contributed by atoms with E-state index in [-0.39, 0.29) is 17.2 Å². The number of amides is 2. The van der Waals surface area contributed by atoms with E-state index in [9.17, 15) is 9.59 Å². The molecule has 23 heavy (non-hydrogen) atoms. The molecule has 1 saturated heterocycles. The molecule has 1 fully saturated rings. The summed E-state index contributed by atoms with van der Waals surface area (Å²) in [5.74, 6) is -0.256. The van der Waals surface area contributed by atoms with Gasteiger partial charge < -0.3 is 10.6 Å². The van der Waals surface area contributed by atoms with Crippen LogP contribution < -0.4 is 10.6 Å². The average Bonchev–Trinajstić information content (AvgIpc) is 3.03. The van der Waals surface area contributed by atoms with Crippen LogP contribution in [0.5, 0.6) is 0 Å². The lowest BCUT2D eigenvalue weighted by atomic mass is 9.93. The Balaban J connectivity index is 0.000000260. The maximum atomic E-state index is 11.3. The van der Waals surface area contributed by atoms with Crippen LogP contribution in [0.1, 0.15) is 34.6 Å². The number of hydrogen-bond acceptors (Lipinski definition) is 3. The van der Waals surface area contributed by atoms with Crippen LogP contribution in [0.4, 0.5) is 0 Å². The molecule has 1 aliphatic heterocycles. The van der Waals surface area contributed by atoms with Crippen molar-refractivity contribution in [2.75, 3.05) is 0 Å². The molecule has 6 heteroatoms. The van der Waals surface area contributed by atoms with E-state index < -0.39 is 10.5 Å². The maximum absolute atomic E-state index is 11.3. The van der Waals surface area contributed by atoms with Crippen molar-refractivity contribution in [3.8, 4) is 11.1 Å². The number of benzene rings is 1. The van der Waals surface area contributed by atoms with Gasteiger partial charge in [0.05, 0.1) is 0 Å². The van der Waals surface area contributed by atoms with E-state index >= 15 is 0 Å². The third-order valence-electron chi connectivity index (χ3n) is 4.21. The summed E-state index contributed by atoms with van der Waals surface area (Å²) in [6.45, 7) is 10.0. The monoisotopic (exact) mass is 348 g/mol. The highest BCUT2D eigenvalue weighted by Gasteiger charge is 2.53. The van der Waals surface area contributed by atoms with Gasteiger partial charge in [-0.25, -0.2) is 0 Å². The summed E-state index contributed by atoms with van der Waals surface area (Å²) in [6.07, 6.45) is 0. The van der Waals surface area contributed by atoms with Crippen molar-refractivity contribution >= 4 is 34.0 Å². The molecule has 0 bridgehead atoms. The topological polar surface area (TPSA) is 58.2 Å². The van der Waals surface area contributed by atoms with E-state index in [1.807, 2.05) is 0 Å². The van der Waals surface area contributed by atoms with E-state index in [1.165, 1.54) is 18.1 Å². The summed E-state index contributed by atoms with van der Waals surface area (Å²) < 4.78 is 0. The summed E-state index contributed by atoms with van der Waals surface area (Å²) in [7, 11) is 0.407. The zero-order valence-electron chi connectivity index (χ0n) is 14.2. The van der Waals surface area contributed by atoms with Crippen molar-refractivity contribution < 1.29 is 9.59 Å². The molecule has 0 aromatic heterocycles. The molecule has 3 atom stereocenters. The fourth-order valence-corrected chi connectivity index (χ4v) is 4.48. The van der Waals surface area contributed by atoms with Crippen molar-refractivity contribution in [2.45, 2.75) is 50.7 Å². The highest BCUT2D eigenvalue weighted by Crippen LogP contribution is 2.35. The molecule has 0 aromatic carbocycles. The van der Waals surface area contributed by atoms with Crippen LogP contribution in [0.3, 0.4) is 0 Å². The molecule has 3 unspecified atom stereocenters. The fraction of sp³-hybridized carbons (Fsp3) is 0.529. The number of β-lactam (4-membered cyclic amide) rings is 1. The van der Waals surface area contributed by atoms with Gasteiger partial charge in [-0.2, -0.15) is 12.6 Å². The Kier molecular flexibility index (Phi) is 4.96. The molecule has 2 N–H and O–H groups in total. The van der Waals surface area contributed by atoms with E-state index in [0.717, 1.165) is 0 Å². The molecule has 2 aliphatic carbocycles. The van der Waals surface area contributed by atoms with Gasteiger partial charge in [0, 0.05) is 6.92 Å². The van der Waals surface area contributed by atoms with Gasteiger partial charge in [-0.3, -0.25) is 9.59 Å². The minimum absolute atomic E-state index is 0.115. The van der Waals surface area contributed by atoms with Gasteiger partial charge in [-0.1, -0.05) is 45.9 Å². The van der Waals surface area contributed by atoms with Gasteiger partial charge in [0.2, 0.25) is 11.8 Å². The summed E-state index contributed by atoms with van der Waals surface area (Å²) in [6, 6.07) is 8.48. The van der Waals surface area contributed by atoms with Crippen molar-refractivity contribution in [3.05, 3.63) is 24.3 Å². The Morgan fingerprint density at radius 2 is 1.96 bits per heavy atom. The normalized spacial score (nSPS) is 25.3. The predicted octanol–water partition coefficient (Wildman–Crippen LogP) is 2.43. The van der Waals surface area contributed by atoms with Crippen LogP contribution in [0.15, 0.2) is 24.3 Å². The molecule has 3 aliphatic rings. The standard InChI is InChI=1S/C11H20N2O2SSi.C6H4/c1-6(10(3,4)5)17-11(12-7(2)14)8(16)9(15)13-11;1-2-5-4-6(5)3-1/h6,8,16H,1-5H3,(H,12,14)(H,13,15);1-4H. The third-order valence-corrected chi connectivity index (χ3v) is 7.37. The third kappa shape index (κ3) is 4.17. The lowest BCUT2D eigenvalue weighted by Gasteiger charge is -2.49. The van der Waals surface area contributed by atoms with Gasteiger partial charge in [0.15, 0.2) is 0 Å². The average molecular weight is 349 g/mol. The second kappa shape index (κ2) is 6.32. The Bertz CT molecular complexity index is 612. The molecule has 3 rings (SSSR count). The van der Waals surface area contributed by atoms with Gasteiger partial charge >= 0.3 is 0 Å². The molecule has 2 radical (unpaired) electrons. The van der Waals surface area contributed by atoms with Gasteiger partial charge in [-0.15, -0.1) is 0 Å². The summed E-state index contributed by atoms with van der Waals surface area (Å²) >= 11 is 4.29. The molecule has 2 amide bonds. The predicted molar refractivity (Wildman–Crippen MR) is 97.5 cm³/mol. The number of fused-ring (bicyclic) bond motifs is 1. The number of hydrogen-bond donors (Lipinski definition) is 3. The number of carbonyl (C=O) groups excluding carboxylic acids is 2. The van der Waals surface area contributed by atoms with Crippen LogP contribution in [0.2, 0.25) is 5.54 Å². The Morgan fingerprint density at radius 3 is 2.22 bits per heavy atom. The first kappa shape index (κ1) is 18.1. The van der Waals surface area contributed by atoms with E-state index in [0.29, 0.717) is 15.1 Å². The van der Waals surface area contributed by atoms with Crippen molar-refractivity contribution in [3.63, 3.8) is 0 Å². The number of rotatable bonds is 3. The van der Waals surface area contributed by atoms with Crippen molar-refractivity contribution in [1.29, 1.82) is 0 Å². The van der Waals surface area contributed by atoms with Crippen LogP contribution in [-0.2, 0) is 9.59 Å². The second-order valence-corrected chi connectivity index (χ2v) is 9.65. The minimum Gasteiger partial charge on any atom is -0.336 e. The minimum atomic E-state index is -0.654. The fourth-order valence-electron chi connectivity index (χ4n) is 2.21. The number of thiol groups is 1. The Morgan fingerprint density at radius 1 is 1.39 bits per heavy atom. The highest BCUT2D eigenvalue weighted by molar-refractivity contribution is 7.82. The summed E-state index contributed by atoms with van der Waals surface area (Å²) in [4.78, 5) is 22.6. The largest absolute Gasteiger partial charge is 0.336 e. The smallest absolute Gasteiger partial charge is 0.238 e. The lowest BCUT2D eigenvalue weighted by Crippen LogP contribution is -2.81. The quantitative estimate of drug-likeness (QED) is 0.453. The number of carbonyl (C=O) groups is 2. The maximum Gasteiger partial charge on any atom is 0.238 e. The Labute approximate surface area is 146 Å². The van der Waals surface area contributed by atoms with Crippen LogP contribution in [-0.4, -0.2) is 31.9 Å². The molecule has 0 spiro atoms. The van der Waals surface area contributed by atoms with Crippen LogP contribution in [0, 0.1) is 5.41 Å². The zero-order valence-corrected chi connectivity index (χ0v) is 16.1. The second-order valence-electron chi connectivity index (χ2n) is 7.19. The Hall–Kier alpha value is -1.27. The first-order valence-electron chi connectivity index (χ1n) is 7.72. The van der Waals surface area contributed by atoms with Gasteiger partial charge in [-0.05, 0) is 28.1 Å². The van der Waals surface area contributed by atoms with Gasteiger partial charge in [0.25, 0.3) is 0 Å². The molecule has 4 nitrogen and oxygen atoms in total. The van der Waals surface area contributed by atoms with Crippen molar-refractivity contribution in [1.82, 2.24) is 10.6 Å². The summed E-state index contributed by atoms with van der Waals surface area (Å²) in [5.41, 5.74) is 3.37. The number of nitrogens with one attached hydrogen (secondary N) is 2. The molecule has 0 aromatic rings. The SMILES string of the molecule is CC(=O)NC1([Si]C(C)C(C)(C)C)NC(=O)C1S.c1cc2cc-2c1. The molecular formula is C17H24N2O2SSi. The van der Waals surface area contributed by atoms with E-state index in [4.69, 9.17) is 0 Å². The zero-order chi connectivity index (χ0) is 17.4. The summed E-state index contributed by atoms with van der Waals surface area (Å²) in [5, 5.41) is 4.54. The van der Waals surface area contributed by atoms with E-state index in [2.05, 4.69) is 75.2 Å². The van der Waals surface area contributed by atoms with Crippen LogP contribution >= 0.6 is 12.6 Å². The van der Waals surface area contributed by atoms with Crippen LogP contribution in [0.25, 0.3) is 11.1 Å². The van der Waals surface area contributed by atoms with E-state index in [1.54, 1.807) is 0 Å². The first-order valence-corrected chi connectivity index (χ1v) is 9.31. The van der Waals surface area contributed by atoms with Crippen molar-refractivity contribution in [2.24, 2.45) is 5.41 Å². The molecular weight excluding hydrogens is 324 g/mol. The lowest BCUT2D eigenvalue weighted by molar-refractivity contribution is -0.132. The molecule has 124 valence electrons. The molecule has 0 saturated carbocycles. The van der Waals surface area contributed by atoms with Gasteiger partial charge in [0.1, 0.15) is 20.1 Å². The molecule has 1 heterocycles. The highest BCUT2D eigenvalue weighted by atomic mass is 32.1. The first-order chi connectivity index (χ1) is 10.5.